The smallest absolute Gasteiger partial charge is 0.160 e. The van der Waals surface area contributed by atoms with Gasteiger partial charge in [0.15, 0.2) is 11.6 Å². The number of aromatic nitrogens is 8. The summed E-state index contributed by atoms with van der Waals surface area (Å²) in [5.41, 5.74) is 26.9. The van der Waals surface area contributed by atoms with Crippen molar-refractivity contribution in [1.82, 2.24) is 39.5 Å². The molecule has 17 aromatic rings. The third-order valence-corrected chi connectivity index (χ3v) is 18.6. The SMILES string of the molecule is C=Cc1nc(-c2ccc(-c3ccc(-c4cc(-c5ccc(-c6ccccc6)cc5)nc(-c5ccc(-c6cccnc6)cc5)n4)cc3)cc2)n(-c2ccccc2)c1C=C.c1ccc(-c2ccc(-c3cc(-c4ccc(-c5ccc6ccccc6c5)cc4)nc(-c4ccc(-c5cccnc5)cc4)n3)cc2)cc1. The third kappa shape index (κ3) is 14.0. The topological polar surface area (TPSA) is 95.2 Å². The van der Waals surface area contributed by atoms with Crippen LogP contribution in [-0.4, -0.2) is 39.5 Å². The lowest BCUT2D eigenvalue weighted by Crippen LogP contribution is -1.99. The van der Waals surface area contributed by atoms with Crippen LogP contribution in [0.15, 0.2) is 378 Å². The summed E-state index contributed by atoms with van der Waals surface area (Å²) in [6.45, 7) is 8.06. The molecular weight excluding hydrogens is 1250 g/mol. The van der Waals surface area contributed by atoms with Gasteiger partial charge in [0.05, 0.1) is 34.2 Å². The molecule has 0 aliphatic carbocycles. The van der Waals surface area contributed by atoms with Gasteiger partial charge in [-0.15, -0.1) is 0 Å². The van der Waals surface area contributed by atoms with E-state index in [4.69, 9.17) is 24.9 Å². The third-order valence-electron chi connectivity index (χ3n) is 18.6. The van der Waals surface area contributed by atoms with Gasteiger partial charge in [-0.3, -0.25) is 14.5 Å². The molecule has 17 rings (SSSR count). The lowest BCUT2D eigenvalue weighted by Gasteiger charge is -2.12. The molecular formula is C95H66N8. The van der Waals surface area contributed by atoms with Gasteiger partial charge in [-0.05, 0) is 132 Å². The molecule has 0 atom stereocenters. The Balaban J connectivity index is 0.000000163. The summed E-state index contributed by atoms with van der Waals surface area (Å²) in [5, 5.41) is 2.48. The average molecular weight is 1320 g/mol. The van der Waals surface area contributed by atoms with E-state index in [-0.39, 0.29) is 0 Å². The maximum Gasteiger partial charge on any atom is 0.160 e. The highest BCUT2D eigenvalue weighted by molar-refractivity contribution is 5.88. The van der Waals surface area contributed by atoms with Crippen LogP contribution in [-0.2, 0) is 0 Å². The molecule has 8 nitrogen and oxygen atoms in total. The highest BCUT2D eigenvalue weighted by Crippen LogP contribution is 2.37. The first-order valence-electron chi connectivity index (χ1n) is 34.3. The number of nitrogens with zero attached hydrogens (tertiary/aromatic N) is 8. The molecule has 0 saturated heterocycles. The lowest BCUT2D eigenvalue weighted by atomic mass is 9.99. The average Bonchev–Trinajstić information content (AvgIpc) is 1.39. The Labute approximate surface area is 599 Å². The minimum Gasteiger partial charge on any atom is -0.292 e. The van der Waals surface area contributed by atoms with Gasteiger partial charge in [0.1, 0.15) is 5.82 Å². The van der Waals surface area contributed by atoms with Crippen molar-refractivity contribution in [2.75, 3.05) is 0 Å². The molecule has 12 aromatic carbocycles. The van der Waals surface area contributed by atoms with E-state index in [1.165, 1.54) is 38.6 Å². The van der Waals surface area contributed by atoms with E-state index in [1.807, 2.05) is 60.9 Å². The molecule has 0 fully saturated rings. The van der Waals surface area contributed by atoms with Crippen LogP contribution in [0.25, 0.3) is 175 Å². The molecule has 5 heterocycles. The minimum absolute atomic E-state index is 0.667. The summed E-state index contributed by atoms with van der Waals surface area (Å²) in [7, 11) is 0. The minimum atomic E-state index is 0.667. The molecule has 0 bridgehead atoms. The predicted molar refractivity (Wildman–Crippen MR) is 425 cm³/mol. The van der Waals surface area contributed by atoms with Crippen molar-refractivity contribution < 1.29 is 0 Å². The van der Waals surface area contributed by atoms with Crippen molar-refractivity contribution in [3.05, 3.63) is 389 Å². The molecule has 103 heavy (non-hydrogen) atoms. The molecule has 486 valence electrons. The second-order valence-corrected chi connectivity index (χ2v) is 25.0. The van der Waals surface area contributed by atoms with Crippen LogP contribution in [0.4, 0.5) is 0 Å². The number of rotatable bonds is 16. The highest BCUT2D eigenvalue weighted by atomic mass is 15.1. The number of imidazole rings is 1. The van der Waals surface area contributed by atoms with Gasteiger partial charge in [0, 0.05) is 69.4 Å². The Kier molecular flexibility index (Phi) is 18.1. The predicted octanol–water partition coefficient (Wildman–Crippen LogP) is 24.0. The highest BCUT2D eigenvalue weighted by Gasteiger charge is 2.19. The number of para-hydroxylation sites is 1. The Hall–Kier alpha value is -14.0. The molecule has 0 aliphatic rings. The van der Waals surface area contributed by atoms with Crippen LogP contribution in [0.5, 0.6) is 0 Å². The van der Waals surface area contributed by atoms with Crippen LogP contribution in [0.3, 0.4) is 0 Å². The van der Waals surface area contributed by atoms with Crippen molar-refractivity contribution in [3.8, 4) is 152 Å². The number of fused-ring (bicyclic) bond motifs is 1. The van der Waals surface area contributed by atoms with Gasteiger partial charge < -0.3 is 0 Å². The van der Waals surface area contributed by atoms with Crippen molar-refractivity contribution in [2.24, 2.45) is 0 Å². The van der Waals surface area contributed by atoms with Crippen molar-refractivity contribution in [3.63, 3.8) is 0 Å². The zero-order valence-corrected chi connectivity index (χ0v) is 56.3. The van der Waals surface area contributed by atoms with Crippen LogP contribution < -0.4 is 0 Å². The zero-order valence-electron chi connectivity index (χ0n) is 56.3. The van der Waals surface area contributed by atoms with E-state index in [2.05, 4.69) is 325 Å². The van der Waals surface area contributed by atoms with E-state index < -0.39 is 0 Å². The molecule has 0 aliphatic heterocycles. The van der Waals surface area contributed by atoms with Crippen LogP contribution in [0.1, 0.15) is 11.4 Å². The molecule has 0 saturated carbocycles. The first kappa shape index (κ1) is 63.8. The summed E-state index contributed by atoms with van der Waals surface area (Å²) in [5.74, 6) is 2.20. The number of benzene rings is 12. The second kappa shape index (κ2) is 29.2. The van der Waals surface area contributed by atoms with Crippen molar-refractivity contribution >= 4 is 22.9 Å². The van der Waals surface area contributed by atoms with Gasteiger partial charge >= 0.3 is 0 Å². The fraction of sp³-hybridized carbons (Fsp3) is 0. The molecule has 0 radical (unpaired) electrons. The van der Waals surface area contributed by atoms with Crippen LogP contribution in [0.2, 0.25) is 0 Å². The van der Waals surface area contributed by atoms with Gasteiger partial charge in [0.25, 0.3) is 0 Å². The molecule has 0 amide bonds. The zero-order chi connectivity index (χ0) is 69.3. The molecule has 0 unspecified atom stereocenters. The molecule has 0 N–H and O–H groups in total. The van der Waals surface area contributed by atoms with E-state index in [0.717, 1.165) is 124 Å². The number of hydrogen-bond acceptors (Lipinski definition) is 7. The summed E-state index contributed by atoms with van der Waals surface area (Å²) >= 11 is 0. The van der Waals surface area contributed by atoms with E-state index in [0.29, 0.717) is 11.6 Å². The quantitative estimate of drug-likeness (QED) is 0.0951. The van der Waals surface area contributed by atoms with Gasteiger partial charge in [-0.25, -0.2) is 24.9 Å². The summed E-state index contributed by atoms with van der Waals surface area (Å²) in [6, 6.07) is 118. The van der Waals surface area contributed by atoms with E-state index in [9.17, 15) is 0 Å². The largest absolute Gasteiger partial charge is 0.292 e. The van der Waals surface area contributed by atoms with E-state index in [1.54, 1.807) is 18.5 Å². The fourth-order valence-electron chi connectivity index (χ4n) is 13.0. The molecule has 5 aromatic heterocycles. The van der Waals surface area contributed by atoms with Crippen molar-refractivity contribution in [1.29, 1.82) is 0 Å². The Morgan fingerprint density at radius 2 is 0.544 bits per heavy atom. The summed E-state index contributed by atoms with van der Waals surface area (Å²) < 4.78 is 2.13. The number of pyridine rings is 2. The van der Waals surface area contributed by atoms with Crippen LogP contribution >= 0.6 is 0 Å². The summed E-state index contributed by atoms with van der Waals surface area (Å²) in [6.07, 6.45) is 10.9. The van der Waals surface area contributed by atoms with E-state index >= 15 is 0 Å². The van der Waals surface area contributed by atoms with Gasteiger partial charge in [-0.1, -0.05) is 310 Å². The Morgan fingerprint density at radius 3 is 0.922 bits per heavy atom. The lowest BCUT2D eigenvalue weighted by molar-refractivity contribution is 1.05. The van der Waals surface area contributed by atoms with Crippen molar-refractivity contribution in [2.45, 2.75) is 0 Å². The fourth-order valence-corrected chi connectivity index (χ4v) is 13.0. The first-order chi connectivity index (χ1) is 50.9. The molecule has 0 spiro atoms. The van der Waals surface area contributed by atoms with Gasteiger partial charge in [-0.2, -0.15) is 0 Å². The monoisotopic (exact) mass is 1320 g/mol. The maximum atomic E-state index is 5.12. The van der Waals surface area contributed by atoms with Gasteiger partial charge in [0.2, 0.25) is 0 Å². The summed E-state index contributed by atoms with van der Waals surface area (Å²) in [4.78, 5) is 33.9. The second-order valence-electron chi connectivity index (χ2n) is 25.0. The Morgan fingerprint density at radius 1 is 0.233 bits per heavy atom. The molecule has 8 heteroatoms. The van der Waals surface area contributed by atoms with Crippen LogP contribution in [0, 0.1) is 0 Å². The number of hydrogen-bond donors (Lipinski definition) is 0. The first-order valence-corrected chi connectivity index (χ1v) is 34.3. The standard InChI is InChI=1S/C52H37N5.C43H29N3/c1-3-47-50(4-2)57(46-15-9-6-10-16-46)52(56-47)44-31-23-39(24-32-44)38-19-27-42(28-20-38)49-34-48(41-25-17-37(18-26-41)36-12-7-5-8-13-36)54-51(55-49)43-29-21-40(22-30-43)45-14-11-33-53-35-45;1-2-7-30(8-3-1)32-12-19-35(20-13-32)41-28-42(46-43(45-41)37-23-16-34(17-24-37)40-11-6-26-44-29-40)36-21-14-33(15-22-36)39-25-18-31-9-4-5-10-38(31)27-39/h3-35H,1-2H2;1-29H. The normalized spacial score (nSPS) is 11.0. The maximum absolute atomic E-state index is 5.12. The Bertz CT molecular complexity index is 5590.